The summed E-state index contributed by atoms with van der Waals surface area (Å²) in [5.74, 6) is 0.210. The van der Waals surface area contributed by atoms with E-state index < -0.39 is 18.7 Å². The largest absolute Gasteiger partial charge is 0.391 e. The Morgan fingerprint density at radius 2 is 2.11 bits per heavy atom. The molecule has 1 atom stereocenters. The molecule has 2 aromatic heterocycles. The molecular formula is C10H10F3N5O. The summed E-state index contributed by atoms with van der Waals surface area (Å²) >= 11 is 0. The van der Waals surface area contributed by atoms with Crippen molar-refractivity contribution < 1.29 is 18.3 Å². The smallest absolute Gasteiger partial charge is 0.391 e. The quantitative estimate of drug-likeness (QED) is 0.901. The van der Waals surface area contributed by atoms with E-state index >= 15 is 0 Å². The van der Waals surface area contributed by atoms with Gasteiger partial charge in [0.05, 0.1) is 19.1 Å². The molecule has 0 fully saturated rings. The molecule has 0 spiro atoms. The Morgan fingerprint density at radius 3 is 2.74 bits per heavy atom. The second-order valence-corrected chi connectivity index (χ2v) is 3.87. The number of halogens is 3. The number of hydrogen-bond acceptors (Lipinski definition) is 5. The lowest BCUT2D eigenvalue weighted by atomic mass is 10.2. The number of pyridine rings is 1. The lowest BCUT2D eigenvalue weighted by Crippen LogP contribution is -2.25. The molecule has 6 nitrogen and oxygen atoms in total. The van der Waals surface area contributed by atoms with Crippen LogP contribution in [-0.2, 0) is 6.54 Å². The van der Waals surface area contributed by atoms with Gasteiger partial charge < -0.3 is 5.11 Å². The van der Waals surface area contributed by atoms with E-state index in [0.29, 0.717) is 5.69 Å². The second-order valence-electron chi connectivity index (χ2n) is 3.87. The van der Waals surface area contributed by atoms with Crippen molar-refractivity contribution in [1.82, 2.24) is 25.2 Å². The summed E-state index contributed by atoms with van der Waals surface area (Å²) in [6, 6.07) is 5.02. The van der Waals surface area contributed by atoms with Crippen LogP contribution >= 0.6 is 0 Å². The number of aliphatic hydroxyl groups is 1. The molecule has 2 aromatic rings. The molecule has 0 aliphatic rings. The first-order valence-electron chi connectivity index (χ1n) is 5.38. The van der Waals surface area contributed by atoms with Crippen LogP contribution < -0.4 is 0 Å². The monoisotopic (exact) mass is 273 g/mol. The minimum Gasteiger partial charge on any atom is -0.391 e. The third kappa shape index (κ3) is 3.71. The van der Waals surface area contributed by atoms with E-state index in [2.05, 4.69) is 20.5 Å². The predicted molar refractivity (Wildman–Crippen MR) is 57.7 cm³/mol. The Hall–Kier alpha value is -2.03. The van der Waals surface area contributed by atoms with Crippen LogP contribution in [-0.4, -0.2) is 42.6 Å². The molecule has 0 radical (unpaired) electrons. The van der Waals surface area contributed by atoms with Crippen molar-refractivity contribution in [2.75, 3.05) is 0 Å². The third-order valence-electron chi connectivity index (χ3n) is 2.28. The van der Waals surface area contributed by atoms with E-state index in [9.17, 15) is 18.3 Å². The Balaban J connectivity index is 2.13. The van der Waals surface area contributed by atoms with E-state index in [4.69, 9.17) is 0 Å². The van der Waals surface area contributed by atoms with Crippen LogP contribution in [0.15, 0.2) is 24.4 Å². The lowest BCUT2D eigenvalue weighted by molar-refractivity contribution is -0.154. The highest BCUT2D eigenvalue weighted by Crippen LogP contribution is 2.22. The molecule has 0 saturated carbocycles. The van der Waals surface area contributed by atoms with Crippen molar-refractivity contribution in [3.05, 3.63) is 24.4 Å². The summed E-state index contributed by atoms with van der Waals surface area (Å²) in [5, 5.41) is 20.0. The minimum atomic E-state index is -4.43. The van der Waals surface area contributed by atoms with E-state index in [1.807, 2.05) is 0 Å². The molecule has 2 rings (SSSR count). The average molecular weight is 273 g/mol. The van der Waals surface area contributed by atoms with Gasteiger partial charge in [-0.1, -0.05) is 6.07 Å². The Labute approximate surface area is 105 Å². The highest BCUT2D eigenvalue weighted by atomic mass is 19.4. The maximum atomic E-state index is 12.1. The Kier molecular flexibility index (Phi) is 3.74. The zero-order valence-corrected chi connectivity index (χ0v) is 9.62. The summed E-state index contributed by atoms with van der Waals surface area (Å²) in [7, 11) is 0. The fourth-order valence-electron chi connectivity index (χ4n) is 1.54. The van der Waals surface area contributed by atoms with Gasteiger partial charge in [0.1, 0.15) is 5.69 Å². The molecule has 1 N–H and O–H groups in total. The highest BCUT2D eigenvalue weighted by molar-refractivity contribution is 5.47. The molecule has 2 heterocycles. The van der Waals surface area contributed by atoms with Crippen LogP contribution in [0.4, 0.5) is 13.2 Å². The van der Waals surface area contributed by atoms with Crippen molar-refractivity contribution in [2.24, 2.45) is 0 Å². The first-order chi connectivity index (χ1) is 8.96. The van der Waals surface area contributed by atoms with Crippen LogP contribution in [0, 0.1) is 0 Å². The van der Waals surface area contributed by atoms with Crippen LogP contribution in [0.2, 0.25) is 0 Å². The van der Waals surface area contributed by atoms with Gasteiger partial charge in [-0.15, -0.1) is 5.10 Å². The van der Waals surface area contributed by atoms with Gasteiger partial charge in [-0.05, 0) is 22.6 Å². The normalized spacial score (nSPS) is 13.5. The minimum absolute atomic E-state index is 0.210. The van der Waals surface area contributed by atoms with Crippen molar-refractivity contribution in [2.45, 2.75) is 25.2 Å². The highest BCUT2D eigenvalue weighted by Gasteiger charge is 2.31. The number of aromatic nitrogens is 5. The van der Waals surface area contributed by atoms with Crippen molar-refractivity contribution in [3.8, 4) is 11.5 Å². The molecule has 9 heteroatoms. The van der Waals surface area contributed by atoms with Gasteiger partial charge in [0.15, 0.2) is 0 Å². The van der Waals surface area contributed by atoms with Crippen LogP contribution in [0.5, 0.6) is 0 Å². The standard InChI is InChI=1S/C10H10F3N5O/c11-10(12,13)5-7(19)6-18-9(15-16-17-18)8-3-1-2-4-14-8/h1-4,7,19H,5-6H2. The number of hydrogen-bond donors (Lipinski definition) is 1. The van der Waals surface area contributed by atoms with Gasteiger partial charge in [0.25, 0.3) is 0 Å². The Bertz CT molecular complexity index is 527. The molecule has 102 valence electrons. The van der Waals surface area contributed by atoms with Crippen LogP contribution in [0.1, 0.15) is 6.42 Å². The molecule has 0 saturated heterocycles. The predicted octanol–water partition coefficient (Wildman–Crippen LogP) is 1.05. The van der Waals surface area contributed by atoms with Gasteiger partial charge in [0.2, 0.25) is 5.82 Å². The van der Waals surface area contributed by atoms with E-state index in [-0.39, 0.29) is 12.4 Å². The number of alkyl halides is 3. The molecular weight excluding hydrogens is 263 g/mol. The fraction of sp³-hybridized carbons (Fsp3) is 0.400. The van der Waals surface area contributed by atoms with Crippen LogP contribution in [0.25, 0.3) is 11.5 Å². The molecule has 19 heavy (non-hydrogen) atoms. The maximum Gasteiger partial charge on any atom is 0.391 e. The summed E-state index contributed by atoms with van der Waals surface area (Å²) in [6.45, 7) is -0.349. The molecule has 0 aliphatic heterocycles. The summed E-state index contributed by atoms with van der Waals surface area (Å²) in [4.78, 5) is 4.00. The van der Waals surface area contributed by atoms with Gasteiger partial charge in [0, 0.05) is 6.20 Å². The summed E-state index contributed by atoms with van der Waals surface area (Å²) in [5.41, 5.74) is 0.423. The number of aliphatic hydroxyl groups excluding tert-OH is 1. The van der Waals surface area contributed by atoms with Gasteiger partial charge >= 0.3 is 6.18 Å². The van der Waals surface area contributed by atoms with Crippen LogP contribution in [0.3, 0.4) is 0 Å². The molecule has 0 amide bonds. The fourth-order valence-corrected chi connectivity index (χ4v) is 1.54. The van der Waals surface area contributed by atoms with Crippen molar-refractivity contribution >= 4 is 0 Å². The van der Waals surface area contributed by atoms with E-state index in [1.165, 1.54) is 6.20 Å². The molecule has 0 aliphatic carbocycles. The lowest BCUT2D eigenvalue weighted by Gasteiger charge is -2.13. The van der Waals surface area contributed by atoms with Gasteiger partial charge in [-0.25, -0.2) is 4.68 Å². The average Bonchev–Trinajstić information content (AvgIpc) is 2.75. The van der Waals surface area contributed by atoms with E-state index in [0.717, 1.165) is 4.68 Å². The third-order valence-corrected chi connectivity index (χ3v) is 2.28. The van der Waals surface area contributed by atoms with Crippen molar-refractivity contribution in [3.63, 3.8) is 0 Å². The molecule has 0 bridgehead atoms. The maximum absolute atomic E-state index is 12.1. The number of nitrogens with zero attached hydrogens (tertiary/aromatic N) is 5. The zero-order valence-electron chi connectivity index (χ0n) is 9.62. The van der Waals surface area contributed by atoms with Crippen molar-refractivity contribution in [1.29, 1.82) is 0 Å². The first kappa shape index (κ1) is 13.4. The SMILES string of the molecule is OC(Cn1nnnc1-c1ccccn1)CC(F)(F)F. The number of rotatable bonds is 4. The first-order valence-corrected chi connectivity index (χ1v) is 5.38. The summed E-state index contributed by atoms with van der Waals surface area (Å²) < 4.78 is 37.5. The molecule has 1 unspecified atom stereocenters. The van der Waals surface area contributed by atoms with E-state index in [1.54, 1.807) is 18.2 Å². The topological polar surface area (TPSA) is 76.7 Å². The van der Waals surface area contributed by atoms with Gasteiger partial charge in [-0.3, -0.25) is 4.98 Å². The second kappa shape index (κ2) is 5.31. The molecule has 0 aromatic carbocycles. The number of tetrazole rings is 1. The van der Waals surface area contributed by atoms with Gasteiger partial charge in [-0.2, -0.15) is 13.2 Å². The summed E-state index contributed by atoms with van der Waals surface area (Å²) in [6.07, 6.45) is -5.83. The zero-order chi connectivity index (χ0) is 13.9. The Morgan fingerprint density at radius 1 is 1.32 bits per heavy atom.